The molecule has 0 bridgehead atoms. The van der Waals surface area contributed by atoms with Crippen molar-refractivity contribution in [3.05, 3.63) is 45.7 Å². The molecule has 9 heteroatoms. The second-order valence-electron chi connectivity index (χ2n) is 4.83. The van der Waals surface area contributed by atoms with Crippen molar-refractivity contribution in [2.75, 3.05) is 25.5 Å². The highest BCUT2D eigenvalue weighted by atomic mass is 35.5. The molecule has 1 fully saturated rings. The zero-order chi connectivity index (χ0) is 18.4. The second-order valence-corrected chi connectivity index (χ2v) is 6.26. The van der Waals surface area contributed by atoms with Gasteiger partial charge in [-0.2, -0.15) is 0 Å². The molecule has 0 radical (unpaired) electrons. The summed E-state index contributed by atoms with van der Waals surface area (Å²) in [5.41, 5.74) is -0.242. The highest BCUT2D eigenvalue weighted by Crippen LogP contribution is 2.28. The predicted octanol–water partition coefficient (Wildman–Crippen LogP) is 2.62. The van der Waals surface area contributed by atoms with E-state index in [1.165, 1.54) is 34.9 Å². The number of ether oxygens (including phenoxy) is 2. The van der Waals surface area contributed by atoms with Gasteiger partial charge in [0.15, 0.2) is 0 Å². The summed E-state index contributed by atoms with van der Waals surface area (Å²) in [5.74, 6) is -2.22. The molecule has 0 unspecified atom stereocenters. The molecule has 0 atom stereocenters. The summed E-state index contributed by atoms with van der Waals surface area (Å²) in [5, 5.41) is 0.597. The number of carbonyl (C=O) groups is 3. The van der Waals surface area contributed by atoms with E-state index in [-0.39, 0.29) is 42.0 Å². The summed E-state index contributed by atoms with van der Waals surface area (Å²) in [6, 6.07) is 3.62. The number of amides is 1. The fourth-order valence-corrected chi connectivity index (χ4v) is 3.13. The van der Waals surface area contributed by atoms with Crippen molar-refractivity contribution in [1.29, 1.82) is 0 Å². The standard InChI is InChI=1S/C16H15ClFNO5S/c1-2-23-15(21)8-14-19(13(20)9-25-14)5-6-24-16(22)11-4-3-10(17)7-12(11)18/h3-4,7-8H,2,5-6,9H2,1H3/b14-8-. The molecule has 1 aliphatic heterocycles. The third-order valence-corrected chi connectivity index (χ3v) is 4.40. The lowest BCUT2D eigenvalue weighted by Gasteiger charge is -2.16. The van der Waals surface area contributed by atoms with Crippen molar-refractivity contribution in [2.24, 2.45) is 0 Å². The van der Waals surface area contributed by atoms with Crippen LogP contribution >= 0.6 is 23.4 Å². The van der Waals surface area contributed by atoms with E-state index in [0.717, 1.165) is 6.07 Å². The molecule has 0 aliphatic carbocycles. The summed E-state index contributed by atoms with van der Waals surface area (Å²) in [7, 11) is 0. The normalized spacial score (nSPS) is 15.6. The van der Waals surface area contributed by atoms with Crippen LogP contribution in [-0.4, -0.2) is 48.3 Å². The molecule has 25 heavy (non-hydrogen) atoms. The van der Waals surface area contributed by atoms with Crippen LogP contribution in [0.1, 0.15) is 17.3 Å². The van der Waals surface area contributed by atoms with Crippen molar-refractivity contribution >= 4 is 41.2 Å². The zero-order valence-corrected chi connectivity index (χ0v) is 14.9. The van der Waals surface area contributed by atoms with Gasteiger partial charge in [-0.15, -0.1) is 0 Å². The van der Waals surface area contributed by atoms with E-state index in [9.17, 15) is 18.8 Å². The van der Waals surface area contributed by atoms with Gasteiger partial charge >= 0.3 is 11.9 Å². The molecule has 1 heterocycles. The highest BCUT2D eigenvalue weighted by Gasteiger charge is 2.27. The van der Waals surface area contributed by atoms with Crippen molar-refractivity contribution in [1.82, 2.24) is 4.90 Å². The molecular weight excluding hydrogens is 373 g/mol. The monoisotopic (exact) mass is 387 g/mol. The molecule has 6 nitrogen and oxygen atoms in total. The number of rotatable bonds is 6. The molecular formula is C16H15ClFNO5S. The van der Waals surface area contributed by atoms with E-state index in [1.807, 2.05) is 0 Å². The maximum absolute atomic E-state index is 13.7. The maximum atomic E-state index is 13.7. The van der Waals surface area contributed by atoms with E-state index in [2.05, 4.69) is 0 Å². The average Bonchev–Trinajstić information content (AvgIpc) is 2.88. The van der Waals surface area contributed by atoms with Crippen molar-refractivity contribution in [3.63, 3.8) is 0 Å². The number of nitrogens with zero attached hydrogens (tertiary/aromatic N) is 1. The van der Waals surface area contributed by atoms with Crippen LogP contribution in [0.25, 0.3) is 0 Å². The van der Waals surface area contributed by atoms with Gasteiger partial charge in [0, 0.05) is 5.02 Å². The Hall–Kier alpha value is -2.06. The molecule has 0 aromatic heterocycles. The van der Waals surface area contributed by atoms with Gasteiger partial charge in [0.1, 0.15) is 12.4 Å². The first-order valence-corrected chi connectivity index (χ1v) is 8.72. The number of benzene rings is 1. The van der Waals surface area contributed by atoms with Gasteiger partial charge in [0.05, 0.1) is 35.6 Å². The molecule has 0 N–H and O–H groups in total. The van der Waals surface area contributed by atoms with Crippen molar-refractivity contribution < 1.29 is 28.2 Å². The summed E-state index contributed by atoms with van der Waals surface area (Å²) in [6.45, 7) is 1.81. The molecule has 1 aromatic rings. The van der Waals surface area contributed by atoms with Crippen LogP contribution in [-0.2, 0) is 19.1 Å². The average molecular weight is 388 g/mol. The Labute approximate surface area is 152 Å². The Kier molecular flexibility index (Phi) is 6.83. The van der Waals surface area contributed by atoms with E-state index < -0.39 is 17.8 Å². The molecule has 1 aliphatic rings. The molecule has 134 valence electrons. The summed E-state index contributed by atoms with van der Waals surface area (Å²) in [4.78, 5) is 36.6. The SMILES string of the molecule is CCOC(=O)/C=C1\SCC(=O)N1CCOC(=O)c1ccc(Cl)cc1F. The Morgan fingerprint density at radius 1 is 1.40 bits per heavy atom. The van der Waals surface area contributed by atoms with Crippen LogP contribution in [0.5, 0.6) is 0 Å². The number of esters is 2. The Morgan fingerprint density at radius 3 is 2.84 bits per heavy atom. The lowest BCUT2D eigenvalue weighted by molar-refractivity contribution is -0.137. The molecule has 0 saturated carbocycles. The number of hydrogen-bond donors (Lipinski definition) is 0. The van der Waals surface area contributed by atoms with Crippen molar-refractivity contribution in [2.45, 2.75) is 6.92 Å². The first-order chi connectivity index (χ1) is 11.9. The predicted molar refractivity (Wildman–Crippen MR) is 90.6 cm³/mol. The Morgan fingerprint density at radius 2 is 2.16 bits per heavy atom. The minimum absolute atomic E-state index is 0.0536. The number of hydrogen-bond acceptors (Lipinski definition) is 6. The third-order valence-electron chi connectivity index (χ3n) is 3.14. The van der Waals surface area contributed by atoms with Gasteiger partial charge in [-0.25, -0.2) is 14.0 Å². The summed E-state index contributed by atoms with van der Waals surface area (Å²) >= 11 is 6.82. The first kappa shape index (κ1) is 19.3. The third kappa shape index (κ3) is 5.20. The van der Waals surface area contributed by atoms with E-state index in [4.69, 9.17) is 21.1 Å². The minimum Gasteiger partial charge on any atom is -0.463 e. The van der Waals surface area contributed by atoms with E-state index in [1.54, 1.807) is 6.92 Å². The van der Waals surface area contributed by atoms with E-state index >= 15 is 0 Å². The quantitative estimate of drug-likeness (QED) is 0.552. The molecule has 1 aromatic carbocycles. The van der Waals surface area contributed by atoms with Crippen molar-refractivity contribution in [3.8, 4) is 0 Å². The topological polar surface area (TPSA) is 72.9 Å². The van der Waals surface area contributed by atoms with E-state index in [0.29, 0.717) is 5.03 Å². The highest BCUT2D eigenvalue weighted by molar-refractivity contribution is 8.04. The fraction of sp³-hybridized carbons (Fsp3) is 0.312. The van der Waals surface area contributed by atoms with Crippen LogP contribution in [0.2, 0.25) is 5.02 Å². The summed E-state index contributed by atoms with van der Waals surface area (Å²) in [6.07, 6.45) is 1.22. The first-order valence-electron chi connectivity index (χ1n) is 7.36. The van der Waals surface area contributed by atoms with Gasteiger partial charge < -0.3 is 14.4 Å². The zero-order valence-electron chi connectivity index (χ0n) is 13.3. The van der Waals surface area contributed by atoms with Crippen LogP contribution in [0.4, 0.5) is 4.39 Å². The van der Waals surface area contributed by atoms with Gasteiger partial charge in [-0.3, -0.25) is 4.79 Å². The number of thioether (sulfide) groups is 1. The largest absolute Gasteiger partial charge is 0.463 e. The fourth-order valence-electron chi connectivity index (χ4n) is 2.02. The van der Waals surface area contributed by atoms with Crippen LogP contribution < -0.4 is 0 Å². The lowest BCUT2D eigenvalue weighted by Crippen LogP contribution is -2.29. The van der Waals surface area contributed by atoms with Gasteiger partial charge in [0.25, 0.3) is 0 Å². The second kappa shape index (κ2) is 8.87. The smallest absolute Gasteiger partial charge is 0.341 e. The van der Waals surface area contributed by atoms with Crippen LogP contribution in [0.15, 0.2) is 29.3 Å². The Balaban J connectivity index is 1.94. The molecule has 1 saturated heterocycles. The van der Waals surface area contributed by atoms with Crippen LogP contribution in [0.3, 0.4) is 0 Å². The van der Waals surface area contributed by atoms with Gasteiger partial charge in [-0.05, 0) is 25.1 Å². The maximum Gasteiger partial charge on any atom is 0.341 e. The van der Waals surface area contributed by atoms with Gasteiger partial charge in [0.2, 0.25) is 5.91 Å². The molecule has 0 spiro atoms. The number of carbonyl (C=O) groups excluding carboxylic acids is 3. The number of halogens is 2. The molecule has 1 amide bonds. The van der Waals surface area contributed by atoms with Gasteiger partial charge in [-0.1, -0.05) is 23.4 Å². The lowest BCUT2D eigenvalue weighted by atomic mass is 10.2. The Bertz CT molecular complexity index is 724. The summed E-state index contributed by atoms with van der Waals surface area (Å²) < 4.78 is 23.5. The minimum atomic E-state index is -0.857. The molecule has 2 rings (SSSR count). The van der Waals surface area contributed by atoms with Crippen LogP contribution in [0, 0.1) is 5.82 Å².